The van der Waals surface area contributed by atoms with Crippen molar-refractivity contribution in [3.63, 3.8) is 0 Å². The SMILES string of the molecule is NC(=O)c1c(-c2ccccc2)ccn([C@@H]2C[C@H](Oc3ccccc3)[C@@H](CO)O2)c1=O. The van der Waals surface area contributed by atoms with Crippen LogP contribution in [0, 0.1) is 0 Å². The van der Waals surface area contributed by atoms with Gasteiger partial charge in [-0.05, 0) is 23.8 Å². The van der Waals surface area contributed by atoms with Gasteiger partial charge in [0, 0.05) is 18.2 Å². The number of carbonyl (C=O) groups excluding carboxylic acids is 1. The summed E-state index contributed by atoms with van der Waals surface area (Å²) in [6.07, 6.45) is 0.184. The molecule has 0 bridgehead atoms. The van der Waals surface area contributed by atoms with Gasteiger partial charge < -0.3 is 20.3 Å². The fourth-order valence-electron chi connectivity index (χ4n) is 3.71. The number of aliphatic hydroxyl groups excluding tert-OH is 1. The summed E-state index contributed by atoms with van der Waals surface area (Å²) in [4.78, 5) is 25.2. The predicted octanol–water partition coefficient (Wildman–Crippen LogP) is 2.34. The van der Waals surface area contributed by atoms with Crippen LogP contribution in [0.4, 0.5) is 0 Å². The molecule has 2 aromatic carbocycles. The minimum Gasteiger partial charge on any atom is -0.487 e. The topological polar surface area (TPSA) is 104 Å². The predicted molar refractivity (Wildman–Crippen MR) is 111 cm³/mol. The Morgan fingerprint density at radius 1 is 1.10 bits per heavy atom. The van der Waals surface area contributed by atoms with Crippen molar-refractivity contribution in [3.05, 3.63) is 88.8 Å². The Hall–Kier alpha value is -3.42. The van der Waals surface area contributed by atoms with Crippen molar-refractivity contribution in [3.8, 4) is 16.9 Å². The van der Waals surface area contributed by atoms with Gasteiger partial charge in [-0.2, -0.15) is 0 Å². The molecule has 3 atom stereocenters. The molecule has 7 heteroatoms. The summed E-state index contributed by atoms with van der Waals surface area (Å²) in [5.41, 5.74) is 6.11. The average molecular weight is 406 g/mol. The molecule has 154 valence electrons. The van der Waals surface area contributed by atoms with Gasteiger partial charge >= 0.3 is 0 Å². The highest BCUT2D eigenvalue weighted by molar-refractivity contribution is 5.99. The Kier molecular flexibility index (Phi) is 5.65. The molecule has 3 aromatic rings. The molecule has 4 rings (SSSR count). The lowest BCUT2D eigenvalue weighted by Gasteiger charge is -2.17. The van der Waals surface area contributed by atoms with E-state index >= 15 is 0 Å². The molecule has 3 N–H and O–H groups in total. The molecule has 30 heavy (non-hydrogen) atoms. The Morgan fingerprint density at radius 2 is 1.77 bits per heavy atom. The summed E-state index contributed by atoms with van der Waals surface area (Å²) in [6.45, 7) is -0.256. The van der Waals surface area contributed by atoms with Crippen LogP contribution in [-0.4, -0.2) is 34.4 Å². The molecule has 0 saturated carbocycles. The summed E-state index contributed by atoms with van der Waals surface area (Å²) >= 11 is 0. The fraction of sp³-hybridized carbons (Fsp3) is 0.217. The number of ether oxygens (including phenoxy) is 2. The lowest BCUT2D eigenvalue weighted by Crippen LogP contribution is -2.32. The first-order valence-corrected chi connectivity index (χ1v) is 9.67. The maximum Gasteiger partial charge on any atom is 0.266 e. The summed E-state index contributed by atoms with van der Waals surface area (Å²) in [6, 6.07) is 20.0. The van der Waals surface area contributed by atoms with Crippen molar-refractivity contribution in [2.45, 2.75) is 24.9 Å². The normalized spacial score (nSPS) is 20.8. The third-order valence-corrected chi connectivity index (χ3v) is 5.15. The zero-order valence-electron chi connectivity index (χ0n) is 16.2. The number of nitrogens with zero attached hydrogens (tertiary/aromatic N) is 1. The van der Waals surface area contributed by atoms with Crippen molar-refractivity contribution in [2.75, 3.05) is 6.61 Å². The van der Waals surface area contributed by atoms with E-state index in [-0.39, 0.29) is 12.2 Å². The molecular formula is C23H22N2O5. The number of amides is 1. The monoisotopic (exact) mass is 406 g/mol. The van der Waals surface area contributed by atoms with Gasteiger partial charge in [0.25, 0.3) is 11.5 Å². The number of hydrogen-bond acceptors (Lipinski definition) is 5. The van der Waals surface area contributed by atoms with Crippen LogP contribution in [0.15, 0.2) is 77.7 Å². The molecule has 1 fully saturated rings. The van der Waals surface area contributed by atoms with E-state index in [1.807, 2.05) is 60.7 Å². The highest BCUT2D eigenvalue weighted by Gasteiger charge is 2.38. The summed E-state index contributed by atoms with van der Waals surface area (Å²) in [5, 5.41) is 9.72. The molecule has 1 aliphatic rings. The zero-order valence-corrected chi connectivity index (χ0v) is 16.2. The van der Waals surface area contributed by atoms with Crippen LogP contribution in [0.25, 0.3) is 11.1 Å². The summed E-state index contributed by atoms with van der Waals surface area (Å²) < 4.78 is 13.2. The van der Waals surface area contributed by atoms with Crippen LogP contribution < -0.4 is 16.0 Å². The van der Waals surface area contributed by atoms with E-state index < -0.39 is 29.9 Å². The summed E-state index contributed by atoms with van der Waals surface area (Å²) in [7, 11) is 0. The second-order valence-electron chi connectivity index (χ2n) is 7.06. The van der Waals surface area contributed by atoms with Gasteiger partial charge in [0.05, 0.1) is 6.61 Å². The summed E-state index contributed by atoms with van der Waals surface area (Å²) in [5.74, 6) is -0.156. The molecule has 1 aliphatic heterocycles. The Bertz CT molecular complexity index is 1080. The Labute approximate surface area is 173 Å². The van der Waals surface area contributed by atoms with Gasteiger partial charge in [0.15, 0.2) is 0 Å². The number of nitrogens with two attached hydrogens (primary N) is 1. The lowest BCUT2D eigenvalue weighted by atomic mass is 10.0. The molecule has 7 nitrogen and oxygen atoms in total. The van der Waals surface area contributed by atoms with E-state index in [0.29, 0.717) is 17.7 Å². The highest BCUT2D eigenvalue weighted by Crippen LogP contribution is 2.32. The lowest BCUT2D eigenvalue weighted by molar-refractivity contribution is -0.0417. The highest BCUT2D eigenvalue weighted by atomic mass is 16.6. The largest absolute Gasteiger partial charge is 0.487 e. The zero-order chi connectivity index (χ0) is 21.1. The third-order valence-electron chi connectivity index (χ3n) is 5.15. The van der Waals surface area contributed by atoms with Crippen molar-refractivity contribution in [1.82, 2.24) is 4.57 Å². The first-order valence-electron chi connectivity index (χ1n) is 9.67. The van der Waals surface area contributed by atoms with Crippen LogP contribution in [0.5, 0.6) is 5.75 Å². The number of hydrogen-bond donors (Lipinski definition) is 2. The molecule has 0 aliphatic carbocycles. The number of aromatic nitrogens is 1. The van der Waals surface area contributed by atoms with E-state index in [0.717, 1.165) is 5.56 Å². The van der Waals surface area contributed by atoms with Gasteiger partial charge in [0.2, 0.25) is 0 Å². The van der Waals surface area contributed by atoms with Gasteiger partial charge in [-0.3, -0.25) is 14.2 Å². The number of aliphatic hydroxyl groups is 1. The van der Waals surface area contributed by atoms with E-state index in [9.17, 15) is 14.7 Å². The fourth-order valence-corrected chi connectivity index (χ4v) is 3.71. The first-order chi connectivity index (χ1) is 14.6. The smallest absolute Gasteiger partial charge is 0.266 e. The quantitative estimate of drug-likeness (QED) is 0.654. The molecule has 1 saturated heterocycles. The molecule has 0 radical (unpaired) electrons. The molecule has 0 spiro atoms. The molecule has 2 heterocycles. The van der Waals surface area contributed by atoms with Gasteiger partial charge in [-0.1, -0.05) is 48.5 Å². The molecule has 1 amide bonds. The van der Waals surface area contributed by atoms with Crippen molar-refractivity contribution < 1.29 is 19.4 Å². The molecular weight excluding hydrogens is 384 g/mol. The van der Waals surface area contributed by atoms with Crippen molar-refractivity contribution >= 4 is 5.91 Å². The standard InChI is InChI=1S/C23H22N2O5/c24-22(27)21-17(15-7-3-1-4-8-15)11-12-25(23(21)28)20-13-18(19(14-26)30-20)29-16-9-5-2-6-10-16/h1-12,18-20,26H,13-14H2,(H2,24,27)/t18-,19+,20-/m0/s1. The van der Waals surface area contributed by atoms with Crippen LogP contribution in [0.2, 0.25) is 0 Å². The van der Waals surface area contributed by atoms with Gasteiger partial charge in [-0.15, -0.1) is 0 Å². The Balaban J connectivity index is 1.66. The maximum atomic E-state index is 13.1. The molecule has 1 aromatic heterocycles. The number of carbonyl (C=O) groups is 1. The van der Waals surface area contributed by atoms with Crippen molar-refractivity contribution in [2.24, 2.45) is 5.73 Å². The van der Waals surface area contributed by atoms with E-state index in [1.54, 1.807) is 12.3 Å². The van der Waals surface area contributed by atoms with Crippen LogP contribution in [-0.2, 0) is 4.74 Å². The van der Waals surface area contributed by atoms with E-state index in [2.05, 4.69) is 0 Å². The minimum atomic E-state index is -0.804. The number of rotatable bonds is 6. The third kappa shape index (κ3) is 3.85. The van der Waals surface area contributed by atoms with E-state index in [1.165, 1.54) is 4.57 Å². The number of primary amides is 1. The van der Waals surface area contributed by atoms with Crippen LogP contribution >= 0.6 is 0 Å². The average Bonchev–Trinajstić information content (AvgIpc) is 3.17. The van der Waals surface area contributed by atoms with Crippen molar-refractivity contribution in [1.29, 1.82) is 0 Å². The maximum absolute atomic E-state index is 13.1. The number of para-hydroxylation sites is 1. The number of benzene rings is 2. The van der Waals surface area contributed by atoms with Gasteiger partial charge in [0.1, 0.15) is 29.7 Å². The second kappa shape index (κ2) is 8.52. The minimum absolute atomic E-state index is 0.0970. The van der Waals surface area contributed by atoms with Crippen LogP contribution in [0.1, 0.15) is 23.0 Å². The van der Waals surface area contributed by atoms with Gasteiger partial charge in [-0.25, -0.2) is 0 Å². The second-order valence-corrected chi connectivity index (χ2v) is 7.06. The van der Waals surface area contributed by atoms with Crippen LogP contribution in [0.3, 0.4) is 0 Å². The number of pyridine rings is 1. The van der Waals surface area contributed by atoms with E-state index in [4.69, 9.17) is 15.2 Å². The molecule has 0 unspecified atom stereocenters. The Morgan fingerprint density at radius 3 is 2.40 bits per heavy atom. The first kappa shape index (κ1) is 19.9.